The minimum atomic E-state index is -2.31. The van der Waals surface area contributed by atoms with Crippen molar-refractivity contribution in [1.29, 1.82) is 0 Å². The summed E-state index contributed by atoms with van der Waals surface area (Å²) in [7, 11) is -5.36. The molecule has 7 nitrogen and oxygen atoms in total. The highest BCUT2D eigenvalue weighted by Crippen LogP contribution is 2.47. The van der Waals surface area contributed by atoms with E-state index in [9.17, 15) is 4.79 Å². The lowest BCUT2D eigenvalue weighted by Crippen LogP contribution is -2.69. The largest absolute Gasteiger partial charge is 0.469 e. The van der Waals surface area contributed by atoms with Gasteiger partial charge in [0, 0.05) is 0 Å². The van der Waals surface area contributed by atoms with Crippen molar-refractivity contribution >= 4 is 53.5 Å². The average molecular weight is 771 g/mol. The Labute approximate surface area is 280 Å². The van der Waals surface area contributed by atoms with Gasteiger partial charge in [0.2, 0.25) is 0 Å². The van der Waals surface area contributed by atoms with Gasteiger partial charge in [-0.15, -0.1) is 0 Å². The molecule has 0 aliphatic carbocycles. The van der Waals surface area contributed by atoms with E-state index in [0.29, 0.717) is 0 Å². The number of hydrogen-bond donors (Lipinski definition) is 0. The Bertz CT molecular complexity index is 965. The third kappa shape index (κ3) is 9.71. The van der Waals surface area contributed by atoms with Crippen LogP contribution < -0.4 is 0 Å². The van der Waals surface area contributed by atoms with Crippen molar-refractivity contribution in [1.82, 2.24) is 0 Å². The van der Waals surface area contributed by atoms with Crippen molar-refractivity contribution in [2.45, 2.75) is 179 Å². The molecular weight excluding hydrogens is 708 g/mol. The number of fused-ring (bicyclic) bond motifs is 1. The first kappa shape index (κ1) is 39.6. The van der Waals surface area contributed by atoms with E-state index in [1.165, 1.54) is 7.11 Å². The molecule has 252 valence electrons. The fraction of sp³-hybridized carbons (Fsp3) is 0.906. The molecular formula is C32H63IO7Si3. The van der Waals surface area contributed by atoms with Gasteiger partial charge in [-0.2, -0.15) is 0 Å². The zero-order valence-corrected chi connectivity index (χ0v) is 35.2. The molecule has 0 spiro atoms. The zero-order chi connectivity index (χ0) is 33.4. The molecule has 0 radical (unpaired) electrons. The molecule has 2 unspecified atom stereocenters. The van der Waals surface area contributed by atoms with Crippen LogP contribution in [0.25, 0.3) is 0 Å². The third-order valence-electron chi connectivity index (χ3n) is 10.7. The molecule has 0 amide bonds. The fourth-order valence-corrected chi connectivity index (χ4v) is 9.03. The number of methoxy groups -OCH3 is 1. The smallest absolute Gasteiger partial charge is 0.308 e. The first-order valence-electron chi connectivity index (χ1n) is 16.0. The molecule has 2 saturated heterocycles. The molecule has 0 N–H and O–H groups in total. The van der Waals surface area contributed by atoms with Gasteiger partial charge in [0.05, 0.1) is 31.8 Å². The van der Waals surface area contributed by atoms with Crippen LogP contribution >= 0.6 is 22.6 Å². The van der Waals surface area contributed by atoms with E-state index < -0.39 is 31.1 Å². The highest BCUT2D eigenvalue weighted by Gasteiger charge is 2.57. The Balaban J connectivity index is 2.73. The third-order valence-corrected chi connectivity index (χ3v) is 24.5. The van der Waals surface area contributed by atoms with Crippen molar-refractivity contribution in [2.24, 2.45) is 0 Å². The average Bonchev–Trinajstić information content (AvgIpc) is 2.82. The van der Waals surface area contributed by atoms with E-state index in [4.69, 9.17) is 27.5 Å². The molecule has 0 aromatic heterocycles. The van der Waals surface area contributed by atoms with E-state index in [2.05, 4.69) is 130 Å². The predicted molar refractivity (Wildman–Crippen MR) is 193 cm³/mol. The second-order valence-corrected chi connectivity index (χ2v) is 32.1. The number of hydrogen-bond acceptors (Lipinski definition) is 7. The van der Waals surface area contributed by atoms with Crippen LogP contribution in [0.2, 0.25) is 54.4 Å². The topological polar surface area (TPSA) is 72.5 Å². The van der Waals surface area contributed by atoms with Crippen LogP contribution in [0.1, 0.15) is 81.6 Å². The van der Waals surface area contributed by atoms with E-state index in [-0.39, 0.29) is 64.1 Å². The number of ether oxygens (including phenoxy) is 3. The van der Waals surface area contributed by atoms with Crippen molar-refractivity contribution in [2.75, 3.05) is 7.11 Å². The normalized spacial score (nSPS) is 29.0. The Morgan fingerprint density at radius 1 is 0.814 bits per heavy atom. The number of rotatable bonds is 10. The Kier molecular flexibility index (Phi) is 13.1. The molecule has 7 atom stereocenters. The van der Waals surface area contributed by atoms with Crippen molar-refractivity contribution in [3.8, 4) is 0 Å². The molecule has 2 aliphatic rings. The monoisotopic (exact) mass is 770 g/mol. The van der Waals surface area contributed by atoms with Crippen LogP contribution in [-0.2, 0) is 32.3 Å². The maximum absolute atomic E-state index is 12.3. The summed E-state index contributed by atoms with van der Waals surface area (Å²) in [6.45, 7) is 34.1. The van der Waals surface area contributed by atoms with Crippen LogP contribution in [0.3, 0.4) is 0 Å². The zero-order valence-electron chi connectivity index (χ0n) is 30.1. The summed E-state index contributed by atoms with van der Waals surface area (Å²) in [6, 6.07) is 0. The molecule has 0 aromatic rings. The van der Waals surface area contributed by atoms with E-state index in [1.807, 2.05) is 4.08 Å². The lowest BCUT2D eigenvalue weighted by atomic mass is 9.87. The van der Waals surface area contributed by atoms with Gasteiger partial charge < -0.3 is 27.5 Å². The summed E-state index contributed by atoms with van der Waals surface area (Å²) in [5, 5.41) is -0.00778. The van der Waals surface area contributed by atoms with Crippen LogP contribution in [-0.4, -0.2) is 80.8 Å². The van der Waals surface area contributed by atoms with E-state index >= 15 is 0 Å². The maximum atomic E-state index is 12.3. The minimum absolute atomic E-state index is 0.0168. The molecule has 2 heterocycles. The number of esters is 1. The molecule has 43 heavy (non-hydrogen) atoms. The molecule has 2 aliphatic heterocycles. The second kappa shape index (κ2) is 14.2. The fourth-order valence-electron chi connectivity index (χ4n) is 4.77. The Morgan fingerprint density at radius 2 is 1.30 bits per heavy atom. The minimum Gasteiger partial charge on any atom is -0.469 e. The predicted octanol–water partition coefficient (Wildman–Crippen LogP) is 8.98. The molecule has 2 rings (SSSR count). The quantitative estimate of drug-likeness (QED) is 0.125. The molecule has 0 aromatic carbocycles. The number of carbonyl (C=O) groups excluding carboxylic acids is 1. The van der Waals surface area contributed by atoms with Crippen molar-refractivity contribution < 1.29 is 32.3 Å². The summed E-state index contributed by atoms with van der Waals surface area (Å²) >= 11 is 2.29. The van der Waals surface area contributed by atoms with Gasteiger partial charge in [-0.1, -0.05) is 84.9 Å². The lowest BCUT2D eigenvalue weighted by Gasteiger charge is -2.56. The Morgan fingerprint density at radius 3 is 1.74 bits per heavy atom. The van der Waals surface area contributed by atoms with Crippen LogP contribution in [0.4, 0.5) is 0 Å². The van der Waals surface area contributed by atoms with Crippen LogP contribution in [0, 0.1) is 0 Å². The van der Waals surface area contributed by atoms with E-state index in [1.54, 1.807) is 0 Å². The van der Waals surface area contributed by atoms with Gasteiger partial charge in [-0.05, 0) is 77.4 Å². The summed E-state index contributed by atoms with van der Waals surface area (Å²) in [5.41, 5.74) is 0. The molecule has 0 bridgehead atoms. The highest BCUT2D eigenvalue weighted by atomic mass is 127. The van der Waals surface area contributed by atoms with Crippen molar-refractivity contribution in [3.05, 3.63) is 10.2 Å². The highest BCUT2D eigenvalue weighted by molar-refractivity contribution is 14.1. The maximum Gasteiger partial charge on any atom is 0.308 e. The summed E-state index contributed by atoms with van der Waals surface area (Å²) in [4.78, 5) is 12.3. The van der Waals surface area contributed by atoms with Crippen molar-refractivity contribution in [3.63, 3.8) is 0 Å². The van der Waals surface area contributed by atoms with Crippen LogP contribution in [0.15, 0.2) is 10.2 Å². The van der Waals surface area contributed by atoms with Gasteiger partial charge in [0.25, 0.3) is 0 Å². The lowest BCUT2D eigenvalue weighted by molar-refractivity contribution is -0.266. The first-order valence-corrected chi connectivity index (χ1v) is 25.9. The van der Waals surface area contributed by atoms with Crippen LogP contribution in [0.5, 0.6) is 0 Å². The number of halogens is 1. The van der Waals surface area contributed by atoms with E-state index in [0.717, 1.165) is 12.8 Å². The van der Waals surface area contributed by atoms with Gasteiger partial charge in [-0.25, -0.2) is 0 Å². The summed E-state index contributed by atoms with van der Waals surface area (Å²) in [5.74, 6) is -0.260. The second-order valence-electron chi connectivity index (χ2n) is 17.1. The van der Waals surface area contributed by atoms with Gasteiger partial charge in [0.15, 0.2) is 25.0 Å². The molecule has 11 heteroatoms. The SMILES string of the molecule is COC(=O)C[C@H]1CCC2O[C@@H](C(/C=C/I)O[Si](C)(C)C(C)(C)C)[C@@H](O[Si](C)(C)C(C)(C)C)[C@@H](O[Si](C)(C)C(C)(C)C)[C@H]2O1. The number of carbonyl (C=O) groups is 1. The van der Waals surface area contributed by atoms with Gasteiger partial charge in [-0.3, -0.25) is 4.79 Å². The van der Waals surface area contributed by atoms with Gasteiger partial charge in [0.1, 0.15) is 24.4 Å². The van der Waals surface area contributed by atoms with Gasteiger partial charge >= 0.3 is 5.97 Å². The summed E-state index contributed by atoms with van der Waals surface area (Å²) in [6.07, 6.45) is 1.61. The molecule has 2 fully saturated rings. The summed E-state index contributed by atoms with van der Waals surface area (Å²) < 4.78 is 42.8. The Hall–Kier alpha value is 0.391. The molecule has 0 saturated carbocycles. The standard InChI is InChI=1S/C32H63IO7Si3/c1-30(2,3)41(11,12)38-24(19-20-33)27-29(40-43(15,16)32(7,8)9)28(39-42(13,14)31(4,5)6)26-23(37-27)18-17-22(36-26)21-25(34)35-10/h19-20,22-24,26-29H,17-18,21H2,1-16H3/b20-19+/t22-,23?,24?,26+,27+,28+,29-/m1/s1. The first-order chi connectivity index (χ1) is 19.3.